The third-order valence-electron chi connectivity index (χ3n) is 8.11. The van der Waals surface area contributed by atoms with E-state index in [9.17, 15) is 23.1 Å². The van der Waals surface area contributed by atoms with Crippen LogP contribution in [0.15, 0.2) is 65.7 Å². The summed E-state index contributed by atoms with van der Waals surface area (Å²) in [7, 11) is -1.12. The van der Waals surface area contributed by atoms with Gasteiger partial charge in [0.15, 0.2) is 21.3 Å². The third-order valence-corrected chi connectivity index (χ3v) is 10.3. The van der Waals surface area contributed by atoms with E-state index in [1.807, 2.05) is 0 Å². The Labute approximate surface area is 271 Å². The number of nitrogens with zero attached hydrogens (tertiary/aromatic N) is 2. The van der Waals surface area contributed by atoms with Gasteiger partial charge in [-0.05, 0) is 86.2 Å². The van der Waals surface area contributed by atoms with Gasteiger partial charge in [0.05, 0.1) is 30.4 Å². The molecule has 5 rings (SSSR count). The van der Waals surface area contributed by atoms with Crippen LogP contribution < -0.4 is 25.3 Å². The number of anilines is 2. The van der Waals surface area contributed by atoms with Crippen molar-refractivity contribution in [3.05, 3.63) is 77.7 Å². The van der Waals surface area contributed by atoms with Crippen molar-refractivity contribution >= 4 is 44.1 Å². The molecule has 1 aliphatic heterocycles. The number of fused-ring (bicyclic) bond motifs is 1. The Hall–Kier alpha value is -5.11. The van der Waals surface area contributed by atoms with E-state index in [0.717, 1.165) is 6.07 Å². The van der Waals surface area contributed by atoms with Crippen molar-refractivity contribution in [3.63, 3.8) is 0 Å². The molecule has 4 aromatic rings. The highest BCUT2D eigenvalue weighted by molar-refractivity contribution is 7.92. The number of nitrogen functional groups attached to an aromatic ring is 1. The van der Waals surface area contributed by atoms with Gasteiger partial charge in [-0.1, -0.05) is 0 Å². The Morgan fingerprint density at radius 3 is 2.47 bits per heavy atom. The molecule has 0 spiro atoms. The quantitative estimate of drug-likeness (QED) is 0.190. The topological polar surface area (TPSA) is 170 Å². The molecular formula is C33H35FN4O8S. The molecule has 4 N–H and O–H groups in total. The van der Waals surface area contributed by atoms with Gasteiger partial charge in [-0.2, -0.15) is 0 Å². The molecule has 2 heterocycles. The molecule has 2 amide bonds. The lowest BCUT2D eigenvalue weighted by Gasteiger charge is -2.31. The van der Waals surface area contributed by atoms with Crippen molar-refractivity contribution < 1.29 is 41.7 Å². The Kier molecular flexibility index (Phi) is 9.43. The second-order valence-electron chi connectivity index (χ2n) is 11.3. The number of likely N-dealkylation sites (tertiary alicyclic amines) is 1. The minimum Gasteiger partial charge on any atom is -0.493 e. The summed E-state index contributed by atoms with van der Waals surface area (Å²) >= 11 is 0. The van der Waals surface area contributed by atoms with Gasteiger partial charge in [-0.25, -0.2) is 22.6 Å². The van der Waals surface area contributed by atoms with Crippen LogP contribution in [0.1, 0.15) is 50.0 Å². The number of hydrogen-bond acceptors (Lipinski definition) is 9. The van der Waals surface area contributed by atoms with E-state index >= 15 is 4.39 Å². The molecule has 14 heteroatoms. The van der Waals surface area contributed by atoms with Gasteiger partial charge in [-0.15, -0.1) is 0 Å². The van der Waals surface area contributed by atoms with Gasteiger partial charge in [0.25, 0.3) is 5.91 Å². The van der Waals surface area contributed by atoms with Crippen molar-refractivity contribution in [2.75, 3.05) is 31.8 Å². The summed E-state index contributed by atoms with van der Waals surface area (Å²) in [6.07, 6.45) is -0.482. The summed E-state index contributed by atoms with van der Waals surface area (Å²) in [4.78, 5) is 31.5. The van der Waals surface area contributed by atoms with E-state index in [-0.39, 0.29) is 45.5 Å². The minimum atomic E-state index is -3.86. The van der Waals surface area contributed by atoms with E-state index in [0.29, 0.717) is 29.4 Å². The maximum atomic E-state index is 15.8. The number of aromatic nitrogens is 1. The minimum absolute atomic E-state index is 0.0244. The van der Waals surface area contributed by atoms with Crippen LogP contribution in [0.5, 0.6) is 17.2 Å². The number of carbonyl (C=O) groups excluding carboxylic acids is 1. The molecule has 47 heavy (non-hydrogen) atoms. The van der Waals surface area contributed by atoms with Crippen molar-refractivity contribution in [2.24, 2.45) is 0 Å². The average Bonchev–Trinajstić information content (AvgIpc) is 3.53. The first kappa shape index (κ1) is 33.3. The van der Waals surface area contributed by atoms with E-state index in [1.165, 1.54) is 63.4 Å². The van der Waals surface area contributed by atoms with Gasteiger partial charge in [-0.3, -0.25) is 10.1 Å². The highest BCUT2D eigenvalue weighted by atomic mass is 32.2. The van der Waals surface area contributed by atoms with Crippen LogP contribution in [0.3, 0.4) is 0 Å². The highest BCUT2D eigenvalue weighted by Crippen LogP contribution is 2.42. The number of pyridine rings is 1. The van der Waals surface area contributed by atoms with Crippen molar-refractivity contribution in [1.29, 1.82) is 0 Å². The number of nitrogens with one attached hydrogen (secondary N) is 1. The Bertz CT molecular complexity index is 1950. The van der Waals surface area contributed by atoms with E-state index in [2.05, 4.69) is 10.3 Å². The number of carboxylic acid groups (broad SMARTS) is 1. The highest BCUT2D eigenvalue weighted by Gasteiger charge is 2.40. The number of amides is 2. The van der Waals surface area contributed by atoms with Crippen molar-refractivity contribution in [2.45, 2.75) is 49.0 Å². The number of rotatable bonds is 10. The number of methoxy groups -OCH3 is 2. The number of hydrogen-bond donors (Lipinski definition) is 3. The number of halogens is 1. The molecule has 1 fully saturated rings. The van der Waals surface area contributed by atoms with Crippen LogP contribution in [0.4, 0.5) is 20.7 Å². The van der Waals surface area contributed by atoms with Crippen molar-refractivity contribution in [1.82, 2.24) is 9.88 Å². The number of benzene rings is 3. The second kappa shape index (κ2) is 13.3. The zero-order valence-corrected chi connectivity index (χ0v) is 27.0. The van der Waals surface area contributed by atoms with E-state index < -0.39 is 45.1 Å². The molecule has 12 nitrogen and oxygen atoms in total. The summed E-state index contributed by atoms with van der Waals surface area (Å²) in [5, 5.41) is 12.1. The molecule has 2 atom stereocenters. The predicted molar refractivity (Wildman–Crippen MR) is 173 cm³/mol. The lowest BCUT2D eigenvalue weighted by Crippen LogP contribution is -2.38. The molecular weight excluding hydrogens is 631 g/mol. The summed E-state index contributed by atoms with van der Waals surface area (Å²) in [5.41, 5.74) is 6.26. The van der Waals surface area contributed by atoms with E-state index in [1.54, 1.807) is 24.3 Å². The summed E-state index contributed by atoms with van der Waals surface area (Å²) < 4.78 is 59.7. The first-order valence-electron chi connectivity index (χ1n) is 14.8. The molecule has 1 saturated heterocycles. The fraction of sp³-hybridized carbons (Fsp3) is 0.303. The normalized spacial score (nSPS) is 15.4. The van der Waals surface area contributed by atoms with Crippen LogP contribution in [-0.2, 0) is 14.6 Å². The number of carbonyl (C=O) groups is 2. The van der Waals surface area contributed by atoms with Crippen LogP contribution in [0, 0.1) is 5.82 Å². The fourth-order valence-corrected chi connectivity index (χ4v) is 7.02. The lowest BCUT2D eigenvalue weighted by molar-refractivity contribution is -0.140. The first-order chi connectivity index (χ1) is 22.3. The Balaban J connectivity index is 1.63. The fourth-order valence-electron chi connectivity index (χ4n) is 5.73. The van der Waals surface area contributed by atoms with Gasteiger partial charge in [0, 0.05) is 35.4 Å². The zero-order chi connectivity index (χ0) is 34.0. The molecule has 3 aromatic carbocycles. The zero-order valence-electron chi connectivity index (χ0n) is 26.2. The molecule has 0 bridgehead atoms. The molecule has 1 aromatic heterocycles. The van der Waals surface area contributed by atoms with Crippen LogP contribution in [0.2, 0.25) is 0 Å². The first-order valence-corrected chi connectivity index (χ1v) is 16.3. The summed E-state index contributed by atoms with van der Waals surface area (Å²) in [5.74, 6) is -0.613. The standard InChI is InChI=1S/C33H35FN4O8S/c1-18(2)47(42,43)29-10-7-20(37-33(40)41)15-24(29)26-6-5-13-38(26)32(39)30(23-16-27(44-3)28(45-4)17-25(23)34)46-21-8-9-22-19(14-21)11-12-36-31(22)35/h7-12,14-18,26,30,37H,5-6,13H2,1-4H3,(H2,35,36)(H,40,41)/t26-,30+/m1/s1. The maximum Gasteiger partial charge on any atom is 0.409 e. The van der Waals surface area contributed by atoms with Crippen molar-refractivity contribution in [3.8, 4) is 17.2 Å². The number of ether oxygens (including phenoxy) is 3. The second-order valence-corrected chi connectivity index (χ2v) is 13.7. The molecule has 0 saturated carbocycles. The molecule has 248 valence electrons. The van der Waals surface area contributed by atoms with Gasteiger partial charge >= 0.3 is 6.09 Å². The van der Waals surface area contributed by atoms with Gasteiger partial charge < -0.3 is 30.0 Å². The molecule has 0 aliphatic carbocycles. The monoisotopic (exact) mass is 666 g/mol. The smallest absolute Gasteiger partial charge is 0.409 e. The largest absolute Gasteiger partial charge is 0.493 e. The lowest BCUT2D eigenvalue weighted by atomic mass is 10.0. The van der Waals surface area contributed by atoms with E-state index in [4.69, 9.17) is 19.9 Å². The molecule has 1 aliphatic rings. The van der Waals surface area contributed by atoms with Gasteiger partial charge in [0.2, 0.25) is 6.10 Å². The number of sulfone groups is 1. The number of nitrogens with two attached hydrogens (primary N) is 1. The molecule has 0 unspecified atom stereocenters. The Morgan fingerprint density at radius 1 is 1.06 bits per heavy atom. The maximum absolute atomic E-state index is 15.8. The summed E-state index contributed by atoms with van der Waals surface area (Å²) in [6.45, 7) is 3.28. The summed E-state index contributed by atoms with van der Waals surface area (Å²) in [6, 6.07) is 12.4. The predicted octanol–water partition coefficient (Wildman–Crippen LogP) is 5.73. The molecule has 0 radical (unpaired) electrons. The third kappa shape index (κ3) is 6.59. The Morgan fingerprint density at radius 2 is 1.79 bits per heavy atom. The van der Waals surface area contributed by atoms with Crippen LogP contribution in [0.25, 0.3) is 10.8 Å². The van der Waals surface area contributed by atoms with Crippen LogP contribution in [-0.4, -0.2) is 61.4 Å². The SMILES string of the molecule is COc1cc(F)c([C@H](Oc2ccc3c(N)nccc3c2)C(=O)N2CCC[C@@H]2c2cc(NC(=O)O)ccc2S(=O)(=O)C(C)C)cc1OC. The van der Waals surface area contributed by atoms with Crippen LogP contribution >= 0.6 is 0 Å². The van der Waals surface area contributed by atoms with Gasteiger partial charge in [0.1, 0.15) is 17.4 Å². The average molecular weight is 667 g/mol.